The maximum atomic E-state index is 13.2. The molecule has 0 aromatic heterocycles. The molecule has 0 spiro atoms. The van der Waals surface area contributed by atoms with Crippen LogP contribution >= 0.6 is 7.14 Å². The van der Waals surface area contributed by atoms with Crippen LogP contribution < -0.4 is 15.5 Å². The number of rotatable bonds is 1. The van der Waals surface area contributed by atoms with Crippen LogP contribution in [0.4, 0.5) is 5.69 Å². The van der Waals surface area contributed by atoms with Crippen molar-refractivity contribution in [2.24, 2.45) is 0 Å². The van der Waals surface area contributed by atoms with Gasteiger partial charge < -0.3 is 9.46 Å². The first-order chi connectivity index (χ1) is 8.22. The SMILES string of the molecule is CN1CP(=O)(c2ccccc2)c2ccccc21. The van der Waals surface area contributed by atoms with Gasteiger partial charge in [-0.1, -0.05) is 42.5 Å². The van der Waals surface area contributed by atoms with Crippen molar-refractivity contribution in [3.8, 4) is 0 Å². The number of benzene rings is 2. The molecule has 1 heterocycles. The maximum Gasteiger partial charge on any atom is 0.163 e. The van der Waals surface area contributed by atoms with Gasteiger partial charge in [0.15, 0.2) is 7.14 Å². The van der Waals surface area contributed by atoms with Gasteiger partial charge in [0.05, 0.1) is 6.29 Å². The van der Waals surface area contributed by atoms with Crippen LogP contribution in [0.2, 0.25) is 0 Å². The molecule has 3 rings (SSSR count). The molecule has 0 radical (unpaired) electrons. The third-order valence-electron chi connectivity index (χ3n) is 3.27. The average Bonchev–Trinajstić information content (AvgIpc) is 2.65. The van der Waals surface area contributed by atoms with Gasteiger partial charge in [-0.3, -0.25) is 0 Å². The monoisotopic (exact) mass is 243 g/mol. The Bertz CT molecular complexity index is 594. The Morgan fingerprint density at radius 2 is 1.65 bits per heavy atom. The molecule has 0 fully saturated rings. The van der Waals surface area contributed by atoms with E-state index in [2.05, 4.69) is 4.90 Å². The third kappa shape index (κ3) is 1.52. The lowest BCUT2D eigenvalue weighted by molar-refractivity contribution is 0.588. The van der Waals surface area contributed by atoms with E-state index in [1.54, 1.807) is 0 Å². The standard InChI is InChI=1S/C14H14NOP/c1-15-11-17(16,12-7-3-2-4-8-12)14-10-6-5-9-13(14)15/h2-10H,11H2,1H3. The Hall–Kier alpha value is -1.53. The fraction of sp³-hybridized carbons (Fsp3) is 0.143. The molecule has 1 aliphatic heterocycles. The molecule has 17 heavy (non-hydrogen) atoms. The van der Waals surface area contributed by atoms with Crippen molar-refractivity contribution in [1.82, 2.24) is 0 Å². The number of fused-ring (bicyclic) bond motifs is 1. The summed E-state index contributed by atoms with van der Waals surface area (Å²) in [6, 6.07) is 17.8. The smallest absolute Gasteiger partial charge is 0.163 e. The zero-order valence-electron chi connectivity index (χ0n) is 9.71. The number of anilines is 1. The summed E-state index contributed by atoms with van der Waals surface area (Å²) in [6.07, 6.45) is 0.608. The number of hydrogen-bond donors (Lipinski definition) is 0. The van der Waals surface area contributed by atoms with Crippen molar-refractivity contribution < 1.29 is 4.57 Å². The van der Waals surface area contributed by atoms with Crippen LogP contribution in [0.3, 0.4) is 0 Å². The van der Waals surface area contributed by atoms with Crippen molar-refractivity contribution >= 4 is 23.4 Å². The highest BCUT2D eigenvalue weighted by molar-refractivity contribution is 7.79. The molecule has 2 aromatic carbocycles. The Kier molecular flexibility index (Phi) is 2.34. The molecule has 0 N–H and O–H groups in total. The van der Waals surface area contributed by atoms with E-state index in [0.717, 1.165) is 16.3 Å². The lowest BCUT2D eigenvalue weighted by Crippen LogP contribution is -2.16. The molecule has 0 amide bonds. The van der Waals surface area contributed by atoms with E-state index in [1.165, 1.54) is 0 Å². The molecule has 1 unspecified atom stereocenters. The van der Waals surface area contributed by atoms with E-state index in [1.807, 2.05) is 61.6 Å². The van der Waals surface area contributed by atoms with E-state index in [-0.39, 0.29) is 0 Å². The van der Waals surface area contributed by atoms with E-state index in [0.29, 0.717) is 6.29 Å². The first-order valence-corrected chi connectivity index (χ1v) is 7.56. The molecule has 3 heteroatoms. The fourth-order valence-electron chi connectivity index (χ4n) is 2.43. The Balaban J connectivity index is 2.22. The van der Waals surface area contributed by atoms with Gasteiger partial charge in [0.2, 0.25) is 0 Å². The summed E-state index contributed by atoms with van der Waals surface area (Å²) < 4.78 is 13.2. The second-order valence-electron chi connectivity index (χ2n) is 4.40. The van der Waals surface area contributed by atoms with Gasteiger partial charge in [-0.15, -0.1) is 0 Å². The van der Waals surface area contributed by atoms with Gasteiger partial charge in [-0.2, -0.15) is 0 Å². The van der Waals surface area contributed by atoms with Crippen molar-refractivity contribution in [1.29, 1.82) is 0 Å². The summed E-state index contributed by atoms with van der Waals surface area (Å²) in [5.41, 5.74) is 1.10. The minimum absolute atomic E-state index is 0.608. The molecule has 86 valence electrons. The first kappa shape index (κ1) is 10.6. The minimum atomic E-state index is -2.44. The summed E-state index contributed by atoms with van der Waals surface area (Å²) >= 11 is 0. The van der Waals surface area contributed by atoms with E-state index in [4.69, 9.17) is 0 Å². The van der Waals surface area contributed by atoms with E-state index >= 15 is 0 Å². The van der Waals surface area contributed by atoms with Gasteiger partial charge in [0.25, 0.3) is 0 Å². The number of nitrogens with zero attached hydrogens (tertiary/aromatic N) is 1. The summed E-state index contributed by atoms with van der Waals surface area (Å²) in [6.45, 7) is 0. The molecular formula is C14H14NOP. The molecule has 0 aliphatic carbocycles. The quantitative estimate of drug-likeness (QED) is 0.717. The zero-order chi connectivity index (χ0) is 11.9. The first-order valence-electron chi connectivity index (χ1n) is 5.67. The van der Waals surface area contributed by atoms with E-state index < -0.39 is 7.14 Å². The molecule has 0 saturated heterocycles. The van der Waals surface area contributed by atoms with Crippen LogP contribution in [0.25, 0.3) is 0 Å². The Labute approximate surface area is 101 Å². The summed E-state index contributed by atoms with van der Waals surface area (Å²) in [4.78, 5) is 2.09. The van der Waals surface area contributed by atoms with Gasteiger partial charge in [0.1, 0.15) is 0 Å². The lowest BCUT2D eigenvalue weighted by atomic mass is 10.3. The number of para-hydroxylation sites is 1. The zero-order valence-corrected chi connectivity index (χ0v) is 10.6. The number of hydrogen-bond acceptors (Lipinski definition) is 2. The molecule has 1 atom stereocenters. The predicted octanol–water partition coefficient (Wildman–Crippen LogP) is 2.41. The highest BCUT2D eigenvalue weighted by atomic mass is 31.2. The van der Waals surface area contributed by atoms with Crippen LogP contribution in [0.15, 0.2) is 54.6 Å². The van der Waals surface area contributed by atoms with Crippen LogP contribution in [0.5, 0.6) is 0 Å². The molecular weight excluding hydrogens is 229 g/mol. The van der Waals surface area contributed by atoms with Gasteiger partial charge in [-0.25, -0.2) is 0 Å². The largest absolute Gasteiger partial charge is 0.366 e. The molecule has 2 nitrogen and oxygen atoms in total. The fourth-order valence-corrected chi connectivity index (χ4v) is 5.37. The Morgan fingerprint density at radius 3 is 2.41 bits per heavy atom. The summed E-state index contributed by atoms with van der Waals surface area (Å²) in [5, 5.41) is 1.95. The maximum absolute atomic E-state index is 13.2. The van der Waals surface area contributed by atoms with E-state index in [9.17, 15) is 4.57 Å². The van der Waals surface area contributed by atoms with Crippen LogP contribution in [-0.2, 0) is 4.57 Å². The van der Waals surface area contributed by atoms with Crippen LogP contribution in [-0.4, -0.2) is 13.3 Å². The van der Waals surface area contributed by atoms with Gasteiger partial charge in [-0.05, 0) is 12.1 Å². The molecule has 1 aliphatic rings. The lowest BCUT2D eigenvalue weighted by Gasteiger charge is -2.13. The van der Waals surface area contributed by atoms with Crippen molar-refractivity contribution in [3.63, 3.8) is 0 Å². The highest BCUT2D eigenvalue weighted by Gasteiger charge is 2.37. The third-order valence-corrected chi connectivity index (χ3v) is 6.38. The highest BCUT2D eigenvalue weighted by Crippen LogP contribution is 2.51. The Morgan fingerprint density at radius 1 is 1.00 bits per heavy atom. The molecule has 0 saturated carbocycles. The van der Waals surface area contributed by atoms with Crippen molar-refractivity contribution in [3.05, 3.63) is 54.6 Å². The van der Waals surface area contributed by atoms with Crippen molar-refractivity contribution in [2.75, 3.05) is 18.2 Å². The molecule has 0 bridgehead atoms. The van der Waals surface area contributed by atoms with Gasteiger partial charge in [0, 0.05) is 23.3 Å². The normalized spacial score (nSPS) is 22.5. The minimum Gasteiger partial charge on any atom is -0.366 e. The second kappa shape index (κ2) is 3.75. The molecule has 2 aromatic rings. The van der Waals surface area contributed by atoms with Crippen LogP contribution in [0, 0.1) is 0 Å². The summed E-state index contributed by atoms with van der Waals surface area (Å²) in [5.74, 6) is 0. The summed E-state index contributed by atoms with van der Waals surface area (Å²) in [7, 11) is -0.441. The average molecular weight is 243 g/mol. The predicted molar refractivity (Wildman–Crippen MR) is 73.0 cm³/mol. The topological polar surface area (TPSA) is 20.3 Å². The van der Waals surface area contributed by atoms with Crippen LogP contribution in [0.1, 0.15) is 0 Å². The van der Waals surface area contributed by atoms with Gasteiger partial charge >= 0.3 is 0 Å². The second-order valence-corrected chi connectivity index (χ2v) is 7.16. The van der Waals surface area contributed by atoms with Crippen molar-refractivity contribution in [2.45, 2.75) is 0 Å².